The van der Waals surface area contributed by atoms with Gasteiger partial charge in [0.15, 0.2) is 0 Å². The first-order valence-electron chi connectivity index (χ1n) is 8.81. The highest BCUT2D eigenvalue weighted by Gasteiger charge is 2.29. The van der Waals surface area contributed by atoms with Crippen LogP contribution >= 0.6 is 0 Å². The number of likely N-dealkylation sites (N-methyl/N-ethyl adjacent to an activating group) is 1. The Kier molecular flexibility index (Phi) is 4.09. The van der Waals surface area contributed by atoms with Crippen molar-refractivity contribution in [1.82, 2.24) is 9.47 Å². The van der Waals surface area contributed by atoms with Crippen LogP contribution in [0.5, 0.6) is 0 Å². The maximum atomic E-state index is 13.8. The topological polar surface area (TPSA) is 28.4 Å². The molecule has 0 bridgehead atoms. The van der Waals surface area contributed by atoms with E-state index in [-0.39, 0.29) is 11.6 Å². The van der Waals surface area contributed by atoms with Gasteiger partial charge in [-0.25, -0.2) is 8.78 Å². The quantitative estimate of drug-likeness (QED) is 0.773. The minimum Gasteiger partial charge on any atom is -0.384 e. The summed E-state index contributed by atoms with van der Waals surface area (Å²) >= 11 is 0. The van der Waals surface area contributed by atoms with Crippen LogP contribution in [0.1, 0.15) is 23.7 Å². The Morgan fingerprint density at radius 2 is 1.77 bits per heavy atom. The molecule has 1 atom stereocenters. The Bertz CT molecular complexity index is 960. The predicted molar refractivity (Wildman–Crippen MR) is 97.9 cm³/mol. The number of hydrogen-bond donors (Lipinski definition) is 1. The van der Waals surface area contributed by atoms with E-state index in [0.717, 1.165) is 41.7 Å². The Labute approximate surface area is 151 Å². The van der Waals surface area contributed by atoms with E-state index in [2.05, 4.69) is 16.5 Å². The zero-order valence-electron chi connectivity index (χ0n) is 15.0. The maximum Gasteiger partial charge on any atom is 0.123 e. The molecule has 4 rings (SSSR count). The molecule has 0 saturated heterocycles. The van der Waals surface area contributed by atoms with E-state index in [1.165, 1.54) is 18.2 Å². The molecule has 1 aliphatic heterocycles. The monoisotopic (exact) mass is 356 g/mol. The number of rotatable bonds is 3. The summed E-state index contributed by atoms with van der Waals surface area (Å²) in [5.41, 5.74) is 2.69. The number of nitrogens with zero attached hydrogens (tertiary/aromatic N) is 2. The second kappa shape index (κ2) is 6.18. The van der Waals surface area contributed by atoms with Crippen LogP contribution in [0.4, 0.5) is 8.78 Å². The van der Waals surface area contributed by atoms with Crippen LogP contribution < -0.4 is 0 Å². The van der Waals surface area contributed by atoms with Crippen LogP contribution in [0.15, 0.2) is 42.5 Å². The second-order valence-corrected chi connectivity index (χ2v) is 7.44. The maximum absolute atomic E-state index is 13.8. The van der Waals surface area contributed by atoms with Crippen LogP contribution in [0.3, 0.4) is 0 Å². The van der Waals surface area contributed by atoms with Crippen LogP contribution in [0.2, 0.25) is 0 Å². The van der Waals surface area contributed by atoms with Gasteiger partial charge >= 0.3 is 0 Å². The smallest absolute Gasteiger partial charge is 0.123 e. The number of aliphatic hydroxyl groups is 1. The summed E-state index contributed by atoms with van der Waals surface area (Å²) in [6.07, 6.45) is 0.849. The van der Waals surface area contributed by atoms with Crippen LogP contribution in [0.25, 0.3) is 10.9 Å². The largest absolute Gasteiger partial charge is 0.384 e. The number of hydrogen-bond acceptors (Lipinski definition) is 2. The van der Waals surface area contributed by atoms with Crippen molar-refractivity contribution in [2.45, 2.75) is 32.0 Å². The van der Waals surface area contributed by atoms with Crippen molar-refractivity contribution in [3.63, 3.8) is 0 Å². The van der Waals surface area contributed by atoms with E-state index in [9.17, 15) is 13.9 Å². The molecule has 1 aliphatic rings. The van der Waals surface area contributed by atoms with Gasteiger partial charge in [0.2, 0.25) is 0 Å². The molecule has 0 spiro atoms. The Hall–Kier alpha value is -2.24. The van der Waals surface area contributed by atoms with Gasteiger partial charge < -0.3 is 14.6 Å². The first kappa shape index (κ1) is 17.2. The lowest BCUT2D eigenvalue weighted by Crippen LogP contribution is -2.31. The molecule has 1 aromatic heterocycles. The summed E-state index contributed by atoms with van der Waals surface area (Å²) in [5, 5.41) is 12.0. The normalized spacial score (nSPS) is 17.3. The highest BCUT2D eigenvalue weighted by Crippen LogP contribution is 2.34. The zero-order chi connectivity index (χ0) is 18.5. The molecule has 2 aromatic carbocycles. The third-order valence-electron chi connectivity index (χ3n) is 5.34. The predicted octanol–water partition coefficient (Wildman–Crippen LogP) is 3.82. The highest BCUT2D eigenvalue weighted by atomic mass is 19.1. The third-order valence-corrected chi connectivity index (χ3v) is 5.34. The highest BCUT2D eigenvalue weighted by molar-refractivity contribution is 5.86. The lowest BCUT2D eigenvalue weighted by molar-refractivity contribution is 0.0384. The van der Waals surface area contributed by atoms with Crippen LogP contribution in [-0.4, -0.2) is 28.2 Å². The van der Waals surface area contributed by atoms with E-state index in [1.54, 1.807) is 31.2 Å². The lowest BCUT2D eigenvalue weighted by atomic mass is 9.95. The molecule has 3 aromatic rings. The molecule has 1 N–H and O–H groups in total. The van der Waals surface area contributed by atoms with Gasteiger partial charge in [-0.3, -0.25) is 0 Å². The number of benzene rings is 2. The number of fused-ring (bicyclic) bond motifs is 3. The molecule has 0 saturated carbocycles. The number of halogens is 2. The molecule has 5 heteroatoms. The molecule has 3 nitrogen and oxygen atoms in total. The second-order valence-electron chi connectivity index (χ2n) is 7.44. The molecule has 2 heterocycles. The van der Waals surface area contributed by atoms with Gasteiger partial charge in [0.05, 0.1) is 6.54 Å². The zero-order valence-corrected chi connectivity index (χ0v) is 15.0. The molecule has 0 amide bonds. The minimum absolute atomic E-state index is 0.254. The molecule has 0 aliphatic carbocycles. The van der Waals surface area contributed by atoms with Gasteiger partial charge in [0.25, 0.3) is 0 Å². The van der Waals surface area contributed by atoms with Gasteiger partial charge in [0, 0.05) is 36.1 Å². The Morgan fingerprint density at radius 3 is 2.50 bits per heavy atom. The average Bonchev–Trinajstić information content (AvgIpc) is 2.87. The van der Waals surface area contributed by atoms with E-state index in [4.69, 9.17) is 0 Å². The van der Waals surface area contributed by atoms with Crippen molar-refractivity contribution in [2.24, 2.45) is 0 Å². The van der Waals surface area contributed by atoms with E-state index >= 15 is 0 Å². The average molecular weight is 356 g/mol. The van der Waals surface area contributed by atoms with Crippen molar-refractivity contribution in [2.75, 3.05) is 13.6 Å². The van der Waals surface area contributed by atoms with E-state index in [0.29, 0.717) is 12.1 Å². The fourth-order valence-electron chi connectivity index (χ4n) is 3.95. The van der Waals surface area contributed by atoms with Gasteiger partial charge in [-0.2, -0.15) is 0 Å². The summed E-state index contributed by atoms with van der Waals surface area (Å²) in [6, 6.07) is 10.8. The van der Waals surface area contributed by atoms with E-state index in [1.807, 2.05) is 0 Å². The fourth-order valence-corrected chi connectivity index (χ4v) is 3.95. The summed E-state index contributed by atoms with van der Waals surface area (Å²) in [4.78, 5) is 2.22. The molecule has 26 heavy (non-hydrogen) atoms. The van der Waals surface area contributed by atoms with Gasteiger partial charge in [-0.1, -0.05) is 12.1 Å². The molecule has 136 valence electrons. The van der Waals surface area contributed by atoms with Crippen molar-refractivity contribution in [1.29, 1.82) is 0 Å². The van der Waals surface area contributed by atoms with E-state index < -0.39 is 5.60 Å². The third kappa shape index (κ3) is 2.91. The summed E-state index contributed by atoms with van der Waals surface area (Å²) in [5.74, 6) is -0.581. The summed E-state index contributed by atoms with van der Waals surface area (Å²) in [6.45, 7) is 3.75. The lowest BCUT2D eigenvalue weighted by Gasteiger charge is -2.29. The molecule has 0 fully saturated rings. The van der Waals surface area contributed by atoms with Gasteiger partial charge in [-0.15, -0.1) is 0 Å². The molecule has 1 unspecified atom stereocenters. The Morgan fingerprint density at radius 1 is 1.08 bits per heavy atom. The van der Waals surface area contributed by atoms with Crippen molar-refractivity contribution in [3.8, 4) is 0 Å². The SMILES string of the molecule is CN1CCc2c(c3cc(F)ccc3n2CC(C)(O)c2ccc(F)cc2)C1. The van der Waals surface area contributed by atoms with Crippen LogP contribution in [-0.2, 0) is 25.1 Å². The molecule has 0 radical (unpaired) electrons. The standard InChI is InChI=1S/C21H22F2N2O/c1-21(26,14-3-5-15(22)6-4-14)13-25-19-8-7-16(23)11-17(19)18-12-24(2)10-9-20(18)25/h3-8,11,26H,9-10,12-13H2,1-2H3. The molecular weight excluding hydrogens is 334 g/mol. The number of aromatic nitrogens is 1. The van der Waals surface area contributed by atoms with Crippen molar-refractivity contribution < 1.29 is 13.9 Å². The Balaban J connectivity index is 1.82. The molecular formula is C21H22F2N2O. The minimum atomic E-state index is -1.16. The summed E-state index contributed by atoms with van der Waals surface area (Å²) in [7, 11) is 2.06. The van der Waals surface area contributed by atoms with Crippen LogP contribution in [0, 0.1) is 11.6 Å². The summed E-state index contributed by atoms with van der Waals surface area (Å²) < 4.78 is 29.2. The van der Waals surface area contributed by atoms with Gasteiger partial charge in [0.1, 0.15) is 17.2 Å². The first-order valence-corrected chi connectivity index (χ1v) is 8.81. The van der Waals surface area contributed by atoms with Crippen molar-refractivity contribution in [3.05, 3.63) is 70.9 Å². The fraction of sp³-hybridized carbons (Fsp3) is 0.333. The first-order chi connectivity index (χ1) is 12.3. The van der Waals surface area contributed by atoms with Crippen molar-refractivity contribution >= 4 is 10.9 Å². The van der Waals surface area contributed by atoms with Gasteiger partial charge in [-0.05, 0) is 55.4 Å².